The number of alkyl halides is 3. The molecule has 2 fully saturated rings. The lowest BCUT2D eigenvalue weighted by Gasteiger charge is -2.55. The molecule has 0 unspecified atom stereocenters. The largest absolute Gasteiger partial charge is 0.444 e. The van der Waals surface area contributed by atoms with Gasteiger partial charge in [-0.3, -0.25) is 9.80 Å². The second kappa shape index (κ2) is 8.14. The van der Waals surface area contributed by atoms with E-state index in [1.165, 1.54) is 9.80 Å². The number of carbonyl (C=O) groups is 1. The van der Waals surface area contributed by atoms with E-state index in [2.05, 4.69) is 0 Å². The monoisotopic (exact) mass is 413 g/mol. The molecule has 8 heteroatoms. The molecule has 3 atom stereocenters. The molecule has 0 aromatic heterocycles. The Morgan fingerprint density at radius 3 is 2.31 bits per heavy atom. The van der Waals surface area contributed by atoms with Crippen molar-refractivity contribution < 1.29 is 22.7 Å². The first kappa shape index (κ1) is 21.9. The highest BCUT2D eigenvalue weighted by molar-refractivity contribution is 5.70. The van der Waals surface area contributed by atoms with Gasteiger partial charge in [0.25, 0.3) is 0 Å². The lowest BCUT2D eigenvalue weighted by molar-refractivity contribution is -0.215. The average Bonchev–Trinajstić information content (AvgIpc) is 2.60. The first-order valence-electron chi connectivity index (χ1n) is 10.0. The van der Waals surface area contributed by atoms with E-state index in [9.17, 15) is 18.0 Å². The standard InChI is InChI=1S/C21H30F3N3O2/c1-15-17(13-27(15)19(28)29-20(2,3)4)26-11-10-25(14-18(26)21(22,23)24)12-16-8-6-5-7-9-16/h5-9,15,17-18H,10-14H2,1-4H3/t15-,17-,18-/m1/s1. The van der Waals surface area contributed by atoms with Gasteiger partial charge in [-0.05, 0) is 33.3 Å². The Morgan fingerprint density at radius 1 is 1.10 bits per heavy atom. The summed E-state index contributed by atoms with van der Waals surface area (Å²) in [6.45, 7) is 8.73. The van der Waals surface area contributed by atoms with Crippen molar-refractivity contribution in [3.8, 4) is 0 Å². The minimum Gasteiger partial charge on any atom is -0.444 e. The summed E-state index contributed by atoms with van der Waals surface area (Å²) in [5.41, 5.74) is 0.384. The molecule has 2 aliphatic rings. The third kappa shape index (κ3) is 5.22. The van der Waals surface area contributed by atoms with E-state index in [1.807, 2.05) is 35.2 Å². The maximum atomic E-state index is 13.9. The summed E-state index contributed by atoms with van der Waals surface area (Å²) in [7, 11) is 0. The van der Waals surface area contributed by atoms with Crippen molar-refractivity contribution in [3.63, 3.8) is 0 Å². The quantitative estimate of drug-likeness (QED) is 0.756. The number of benzene rings is 1. The molecule has 5 nitrogen and oxygen atoms in total. The maximum Gasteiger partial charge on any atom is 0.410 e. The van der Waals surface area contributed by atoms with Gasteiger partial charge in [0, 0.05) is 44.8 Å². The Hall–Kier alpha value is -1.80. The van der Waals surface area contributed by atoms with Crippen LogP contribution in [0.15, 0.2) is 30.3 Å². The fourth-order valence-electron chi connectivity index (χ4n) is 4.06. The Morgan fingerprint density at radius 2 is 1.76 bits per heavy atom. The van der Waals surface area contributed by atoms with Crippen LogP contribution in [0.5, 0.6) is 0 Å². The van der Waals surface area contributed by atoms with Crippen LogP contribution in [0.3, 0.4) is 0 Å². The number of likely N-dealkylation sites (tertiary alicyclic amines) is 1. The van der Waals surface area contributed by atoms with Crippen molar-refractivity contribution in [2.75, 3.05) is 26.2 Å². The minimum absolute atomic E-state index is 0.0615. The number of hydrogen-bond donors (Lipinski definition) is 0. The number of hydrogen-bond acceptors (Lipinski definition) is 4. The normalized spacial score (nSPS) is 26.9. The van der Waals surface area contributed by atoms with Gasteiger partial charge in [0.05, 0.1) is 0 Å². The third-order valence-electron chi connectivity index (χ3n) is 5.62. The van der Waals surface area contributed by atoms with Crippen LogP contribution in [0.1, 0.15) is 33.3 Å². The number of ether oxygens (including phenoxy) is 1. The smallest absolute Gasteiger partial charge is 0.410 e. The molecule has 1 amide bonds. The van der Waals surface area contributed by atoms with E-state index in [0.29, 0.717) is 19.6 Å². The first-order chi connectivity index (χ1) is 13.5. The van der Waals surface area contributed by atoms with Crippen LogP contribution in [-0.2, 0) is 11.3 Å². The summed E-state index contributed by atoms with van der Waals surface area (Å²) in [5, 5.41) is 0. The molecule has 29 heavy (non-hydrogen) atoms. The van der Waals surface area contributed by atoms with E-state index >= 15 is 0 Å². The number of halogens is 3. The van der Waals surface area contributed by atoms with E-state index in [0.717, 1.165) is 5.56 Å². The molecule has 0 aliphatic carbocycles. The van der Waals surface area contributed by atoms with Gasteiger partial charge in [-0.25, -0.2) is 4.79 Å². The van der Waals surface area contributed by atoms with Crippen LogP contribution in [0.2, 0.25) is 0 Å². The summed E-state index contributed by atoms with van der Waals surface area (Å²) >= 11 is 0. The van der Waals surface area contributed by atoms with Crippen LogP contribution >= 0.6 is 0 Å². The average molecular weight is 413 g/mol. The molecule has 2 heterocycles. The summed E-state index contributed by atoms with van der Waals surface area (Å²) in [6, 6.07) is 7.40. The van der Waals surface area contributed by atoms with Crippen molar-refractivity contribution in [1.82, 2.24) is 14.7 Å². The highest BCUT2D eigenvalue weighted by atomic mass is 19.4. The van der Waals surface area contributed by atoms with Crippen molar-refractivity contribution >= 4 is 6.09 Å². The molecular formula is C21H30F3N3O2. The predicted molar refractivity (Wildman–Crippen MR) is 104 cm³/mol. The Kier molecular flexibility index (Phi) is 6.15. The molecule has 1 aromatic rings. The van der Waals surface area contributed by atoms with Gasteiger partial charge in [-0.2, -0.15) is 13.2 Å². The predicted octanol–water partition coefficient (Wildman–Crippen LogP) is 3.74. The zero-order chi connectivity index (χ0) is 21.4. The van der Waals surface area contributed by atoms with E-state index in [4.69, 9.17) is 4.74 Å². The van der Waals surface area contributed by atoms with Gasteiger partial charge in [0.2, 0.25) is 0 Å². The van der Waals surface area contributed by atoms with Crippen LogP contribution in [-0.4, -0.2) is 76.9 Å². The van der Waals surface area contributed by atoms with Crippen molar-refractivity contribution in [2.45, 2.75) is 64.1 Å². The van der Waals surface area contributed by atoms with Crippen LogP contribution in [0.4, 0.5) is 18.0 Å². The fourth-order valence-corrected chi connectivity index (χ4v) is 4.06. The summed E-state index contributed by atoms with van der Waals surface area (Å²) in [4.78, 5) is 17.2. The lowest BCUT2D eigenvalue weighted by atomic mass is 9.93. The van der Waals surface area contributed by atoms with Crippen molar-refractivity contribution in [3.05, 3.63) is 35.9 Å². The number of rotatable bonds is 3. The number of carbonyl (C=O) groups excluding carboxylic acids is 1. The van der Waals surface area contributed by atoms with Gasteiger partial charge in [-0.1, -0.05) is 30.3 Å². The van der Waals surface area contributed by atoms with Gasteiger partial charge in [-0.15, -0.1) is 0 Å². The van der Waals surface area contributed by atoms with E-state index < -0.39 is 23.9 Å². The van der Waals surface area contributed by atoms with Crippen LogP contribution < -0.4 is 0 Å². The maximum absolute atomic E-state index is 13.9. The van der Waals surface area contributed by atoms with E-state index in [-0.39, 0.29) is 25.2 Å². The second-order valence-corrected chi connectivity index (χ2v) is 8.96. The van der Waals surface area contributed by atoms with Gasteiger partial charge in [0.1, 0.15) is 11.6 Å². The lowest BCUT2D eigenvalue weighted by Crippen LogP contribution is -2.73. The van der Waals surface area contributed by atoms with Gasteiger partial charge < -0.3 is 9.64 Å². The highest BCUT2D eigenvalue weighted by Gasteiger charge is 2.53. The Balaban J connectivity index is 1.64. The first-order valence-corrected chi connectivity index (χ1v) is 10.0. The number of amides is 1. The summed E-state index contributed by atoms with van der Waals surface area (Å²) in [5.74, 6) is 0. The molecule has 0 spiro atoms. The van der Waals surface area contributed by atoms with Crippen molar-refractivity contribution in [1.29, 1.82) is 0 Å². The molecule has 2 saturated heterocycles. The Labute approximate surface area is 170 Å². The zero-order valence-corrected chi connectivity index (χ0v) is 17.4. The second-order valence-electron chi connectivity index (χ2n) is 8.96. The number of piperazine rings is 1. The van der Waals surface area contributed by atoms with Gasteiger partial charge in [0.15, 0.2) is 0 Å². The molecule has 0 bridgehead atoms. The zero-order valence-electron chi connectivity index (χ0n) is 17.4. The summed E-state index contributed by atoms with van der Waals surface area (Å²) in [6.07, 6.45) is -4.78. The molecule has 2 aliphatic heterocycles. The Bertz CT molecular complexity index is 705. The minimum atomic E-state index is -4.32. The fraction of sp³-hybridized carbons (Fsp3) is 0.667. The molecule has 162 valence electrons. The van der Waals surface area contributed by atoms with Crippen LogP contribution in [0.25, 0.3) is 0 Å². The molecule has 0 N–H and O–H groups in total. The molecule has 0 saturated carbocycles. The number of nitrogens with zero attached hydrogens (tertiary/aromatic N) is 3. The van der Waals surface area contributed by atoms with Crippen molar-refractivity contribution in [2.24, 2.45) is 0 Å². The topological polar surface area (TPSA) is 36.0 Å². The highest BCUT2D eigenvalue weighted by Crippen LogP contribution is 2.35. The molecule has 0 radical (unpaired) electrons. The molecule has 3 rings (SSSR count). The molecular weight excluding hydrogens is 383 g/mol. The molecule has 1 aromatic carbocycles. The van der Waals surface area contributed by atoms with Gasteiger partial charge >= 0.3 is 12.3 Å². The third-order valence-corrected chi connectivity index (χ3v) is 5.62. The van der Waals surface area contributed by atoms with Crippen LogP contribution in [0, 0.1) is 0 Å². The SMILES string of the molecule is C[C@@H]1[C@H](N2CCN(Cc3ccccc3)C[C@@H]2C(F)(F)F)CN1C(=O)OC(C)(C)C. The summed E-state index contributed by atoms with van der Waals surface area (Å²) < 4.78 is 46.9. The van der Waals surface area contributed by atoms with E-state index in [1.54, 1.807) is 27.7 Å².